The second kappa shape index (κ2) is 9.80. The molecule has 3 rings (SSSR count). The van der Waals surface area contributed by atoms with Crippen LogP contribution in [0.2, 0.25) is 5.02 Å². The van der Waals surface area contributed by atoms with E-state index < -0.39 is 0 Å². The van der Waals surface area contributed by atoms with Crippen molar-refractivity contribution in [1.29, 1.82) is 0 Å². The van der Waals surface area contributed by atoms with Gasteiger partial charge in [-0.2, -0.15) is 0 Å². The maximum absolute atomic E-state index is 12.6. The van der Waals surface area contributed by atoms with Gasteiger partial charge < -0.3 is 19.7 Å². The van der Waals surface area contributed by atoms with Crippen LogP contribution in [0.1, 0.15) is 12.5 Å². The second-order valence-corrected chi connectivity index (χ2v) is 7.38. The number of hydrogen-bond donors (Lipinski definition) is 1. The third-order valence-corrected chi connectivity index (χ3v) is 5.42. The average molecular weight is 419 g/mol. The molecule has 1 aliphatic rings. The van der Waals surface area contributed by atoms with Gasteiger partial charge in [0.25, 0.3) is 0 Å². The lowest BCUT2D eigenvalue weighted by Gasteiger charge is -2.38. The van der Waals surface area contributed by atoms with E-state index in [9.17, 15) is 4.79 Å². The van der Waals surface area contributed by atoms with E-state index in [2.05, 4.69) is 20.1 Å². The number of pyridine rings is 1. The summed E-state index contributed by atoms with van der Waals surface area (Å²) in [5.74, 6) is 2.25. The van der Waals surface area contributed by atoms with Crippen LogP contribution in [0, 0.1) is 0 Å². The van der Waals surface area contributed by atoms with E-state index in [1.54, 1.807) is 20.4 Å². The van der Waals surface area contributed by atoms with Gasteiger partial charge in [0.05, 0.1) is 25.3 Å². The quantitative estimate of drug-likeness (QED) is 0.745. The van der Waals surface area contributed by atoms with Crippen molar-refractivity contribution in [1.82, 2.24) is 15.2 Å². The third kappa shape index (κ3) is 5.31. The molecule has 1 fully saturated rings. The molecule has 1 atom stereocenters. The van der Waals surface area contributed by atoms with Crippen LogP contribution in [0.25, 0.3) is 0 Å². The predicted octanol–water partition coefficient (Wildman–Crippen LogP) is 2.58. The Balaban J connectivity index is 1.50. The highest BCUT2D eigenvalue weighted by molar-refractivity contribution is 6.30. The van der Waals surface area contributed by atoms with Gasteiger partial charge in [-0.3, -0.25) is 9.69 Å². The van der Waals surface area contributed by atoms with Crippen LogP contribution in [-0.2, 0) is 11.3 Å². The van der Waals surface area contributed by atoms with E-state index in [0.717, 1.165) is 37.6 Å². The molecule has 156 valence electrons. The van der Waals surface area contributed by atoms with Gasteiger partial charge in [0.1, 0.15) is 5.82 Å². The first-order chi connectivity index (χ1) is 14.0. The fraction of sp³-hybridized carbons (Fsp3) is 0.429. The van der Waals surface area contributed by atoms with Crippen LogP contribution < -0.4 is 19.7 Å². The summed E-state index contributed by atoms with van der Waals surface area (Å²) in [6, 6.07) is 9.22. The zero-order chi connectivity index (χ0) is 20.8. The van der Waals surface area contributed by atoms with E-state index in [1.807, 2.05) is 37.3 Å². The summed E-state index contributed by atoms with van der Waals surface area (Å²) in [4.78, 5) is 21.4. The van der Waals surface area contributed by atoms with Crippen molar-refractivity contribution in [2.75, 3.05) is 45.3 Å². The molecule has 1 aromatic carbocycles. The smallest absolute Gasteiger partial charge is 0.237 e. The van der Waals surface area contributed by atoms with Crippen molar-refractivity contribution in [3.63, 3.8) is 0 Å². The zero-order valence-corrected chi connectivity index (χ0v) is 17.8. The number of nitrogens with one attached hydrogen (secondary N) is 1. The highest BCUT2D eigenvalue weighted by atomic mass is 35.5. The molecule has 7 nitrogen and oxygen atoms in total. The van der Waals surface area contributed by atoms with Gasteiger partial charge in [0.15, 0.2) is 11.5 Å². The van der Waals surface area contributed by atoms with Crippen LogP contribution in [0.5, 0.6) is 11.5 Å². The van der Waals surface area contributed by atoms with Gasteiger partial charge >= 0.3 is 0 Å². The average Bonchev–Trinajstić information content (AvgIpc) is 2.77. The molecule has 2 aromatic rings. The number of hydrogen-bond acceptors (Lipinski definition) is 6. The summed E-state index contributed by atoms with van der Waals surface area (Å²) in [6.07, 6.45) is 1.66. The topological polar surface area (TPSA) is 66.9 Å². The van der Waals surface area contributed by atoms with Crippen molar-refractivity contribution < 1.29 is 14.3 Å². The minimum absolute atomic E-state index is 0.0119. The van der Waals surface area contributed by atoms with E-state index in [-0.39, 0.29) is 11.9 Å². The number of methoxy groups -OCH3 is 2. The fourth-order valence-electron chi connectivity index (χ4n) is 3.39. The van der Waals surface area contributed by atoms with Crippen molar-refractivity contribution >= 4 is 23.3 Å². The van der Waals surface area contributed by atoms with E-state index >= 15 is 0 Å². The van der Waals surface area contributed by atoms with Crippen molar-refractivity contribution in [2.24, 2.45) is 0 Å². The first-order valence-electron chi connectivity index (χ1n) is 9.61. The van der Waals surface area contributed by atoms with Gasteiger partial charge in [-0.15, -0.1) is 0 Å². The van der Waals surface area contributed by atoms with Crippen molar-refractivity contribution in [3.05, 3.63) is 47.1 Å². The Hall–Kier alpha value is -2.51. The SMILES string of the molecule is COc1ccc(CNC(=O)C(C)N2CCN(c3ccc(Cl)cn3)CC2)cc1OC. The number of carbonyl (C=O) groups is 1. The molecule has 0 aliphatic carbocycles. The molecule has 0 saturated carbocycles. The number of ether oxygens (including phenoxy) is 2. The highest BCUT2D eigenvalue weighted by Crippen LogP contribution is 2.27. The number of amides is 1. The molecule has 1 aliphatic heterocycles. The Kier molecular flexibility index (Phi) is 7.17. The fourth-order valence-corrected chi connectivity index (χ4v) is 3.50. The largest absolute Gasteiger partial charge is 0.493 e. The molecule has 1 N–H and O–H groups in total. The normalized spacial score (nSPS) is 15.7. The van der Waals surface area contributed by atoms with Gasteiger partial charge in [-0.1, -0.05) is 17.7 Å². The predicted molar refractivity (Wildman–Crippen MR) is 114 cm³/mol. The number of nitrogens with zero attached hydrogens (tertiary/aromatic N) is 3. The Labute approximate surface area is 176 Å². The molecule has 1 aromatic heterocycles. The van der Waals surface area contributed by atoms with E-state index in [0.29, 0.717) is 23.1 Å². The molecule has 1 saturated heterocycles. The molecular weight excluding hydrogens is 392 g/mol. The summed E-state index contributed by atoms with van der Waals surface area (Å²) in [5.41, 5.74) is 0.960. The lowest BCUT2D eigenvalue weighted by molar-refractivity contribution is -0.126. The molecule has 0 spiro atoms. The summed E-state index contributed by atoms with van der Waals surface area (Å²) in [6.45, 7) is 5.63. The maximum Gasteiger partial charge on any atom is 0.237 e. The van der Waals surface area contributed by atoms with Crippen LogP contribution in [-0.4, -0.2) is 62.2 Å². The molecule has 1 unspecified atom stereocenters. The number of anilines is 1. The van der Waals surface area contributed by atoms with E-state index in [1.165, 1.54) is 0 Å². The van der Waals surface area contributed by atoms with E-state index in [4.69, 9.17) is 21.1 Å². The third-order valence-electron chi connectivity index (χ3n) is 5.19. The maximum atomic E-state index is 12.6. The van der Waals surface area contributed by atoms with Gasteiger partial charge in [-0.05, 0) is 36.8 Å². The van der Waals surface area contributed by atoms with Crippen molar-refractivity contribution in [3.8, 4) is 11.5 Å². The number of rotatable bonds is 7. The minimum Gasteiger partial charge on any atom is -0.493 e. The van der Waals surface area contributed by atoms with Gasteiger partial charge in [0, 0.05) is 38.9 Å². The van der Waals surface area contributed by atoms with Crippen LogP contribution in [0.4, 0.5) is 5.82 Å². The second-order valence-electron chi connectivity index (χ2n) is 6.94. The number of halogens is 1. The molecular formula is C21H27ClN4O3. The monoisotopic (exact) mass is 418 g/mol. The Morgan fingerprint density at radius 3 is 2.48 bits per heavy atom. The first kappa shape index (κ1) is 21.2. The number of aromatic nitrogens is 1. The first-order valence-corrected chi connectivity index (χ1v) is 9.98. The Morgan fingerprint density at radius 1 is 1.14 bits per heavy atom. The van der Waals surface area contributed by atoms with Crippen LogP contribution >= 0.6 is 11.6 Å². The Bertz CT molecular complexity index is 823. The lowest BCUT2D eigenvalue weighted by atomic mass is 10.1. The minimum atomic E-state index is -0.199. The summed E-state index contributed by atoms with van der Waals surface area (Å²) >= 11 is 5.91. The molecule has 8 heteroatoms. The number of benzene rings is 1. The summed E-state index contributed by atoms with van der Waals surface area (Å²) < 4.78 is 10.6. The van der Waals surface area contributed by atoms with Gasteiger partial charge in [-0.25, -0.2) is 4.98 Å². The molecule has 0 bridgehead atoms. The lowest BCUT2D eigenvalue weighted by Crippen LogP contribution is -2.54. The summed E-state index contributed by atoms with van der Waals surface area (Å²) in [7, 11) is 3.20. The molecule has 1 amide bonds. The highest BCUT2D eigenvalue weighted by Gasteiger charge is 2.26. The standard InChI is InChI=1S/C21H27ClN4O3/c1-15(21(27)24-13-16-4-6-18(28-2)19(12-16)29-3)25-8-10-26(11-9-25)20-7-5-17(22)14-23-20/h4-7,12,14-15H,8-11,13H2,1-3H3,(H,24,27). The number of carbonyl (C=O) groups excluding carboxylic acids is 1. The molecule has 2 heterocycles. The molecule has 29 heavy (non-hydrogen) atoms. The number of piperazine rings is 1. The van der Waals surface area contributed by atoms with Crippen molar-refractivity contribution in [2.45, 2.75) is 19.5 Å². The van der Waals surface area contributed by atoms with Crippen LogP contribution in [0.15, 0.2) is 36.5 Å². The Morgan fingerprint density at radius 2 is 1.86 bits per heavy atom. The summed E-state index contributed by atoms with van der Waals surface area (Å²) in [5, 5.41) is 3.65. The van der Waals surface area contributed by atoms with Gasteiger partial charge in [0.2, 0.25) is 5.91 Å². The zero-order valence-electron chi connectivity index (χ0n) is 17.0. The van der Waals surface area contributed by atoms with Crippen LogP contribution in [0.3, 0.4) is 0 Å². The molecule has 0 radical (unpaired) electrons.